The minimum absolute atomic E-state index is 0.122. The Bertz CT molecular complexity index is 484. The molecule has 110 valence electrons. The van der Waals surface area contributed by atoms with Crippen molar-refractivity contribution < 1.29 is 14.0 Å². The van der Waals surface area contributed by atoms with Gasteiger partial charge >= 0.3 is 0 Å². The Morgan fingerprint density at radius 3 is 3.00 bits per heavy atom. The molecule has 2 amide bonds. The lowest BCUT2D eigenvalue weighted by molar-refractivity contribution is -0.114. The topological polar surface area (TPSA) is 74.6 Å². The summed E-state index contributed by atoms with van der Waals surface area (Å²) < 4.78 is 5.38. The van der Waals surface area contributed by atoms with Crippen LogP contribution in [0, 0.1) is 5.92 Å². The van der Waals surface area contributed by atoms with E-state index < -0.39 is 0 Å². The molecule has 0 saturated carbocycles. The van der Waals surface area contributed by atoms with Crippen LogP contribution in [0.5, 0.6) is 0 Å². The van der Waals surface area contributed by atoms with E-state index in [1.165, 1.54) is 6.92 Å². The van der Waals surface area contributed by atoms with Crippen molar-refractivity contribution in [3.8, 4) is 0 Å². The van der Waals surface area contributed by atoms with Crippen LogP contribution in [0.25, 0.3) is 0 Å². The first kappa shape index (κ1) is 14.6. The third kappa shape index (κ3) is 3.60. The highest BCUT2D eigenvalue weighted by molar-refractivity contribution is 5.93. The van der Waals surface area contributed by atoms with E-state index in [2.05, 4.69) is 17.6 Å². The van der Waals surface area contributed by atoms with E-state index >= 15 is 0 Å². The predicted octanol–water partition coefficient (Wildman–Crippen LogP) is 1.31. The molecule has 1 aromatic rings. The molecule has 2 heterocycles. The number of nitrogens with one attached hydrogen (secondary N) is 2. The molecule has 0 aliphatic carbocycles. The molecule has 1 atom stereocenters. The molecule has 2 N–H and O–H groups in total. The van der Waals surface area contributed by atoms with Gasteiger partial charge in [0.05, 0.1) is 0 Å². The summed E-state index contributed by atoms with van der Waals surface area (Å²) in [6, 6.07) is 3.20. The molecular weight excluding hydrogens is 258 g/mol. The summed E-state index contributed by atoms with van der Waals surface area (Å²) >= 11 is 0. The fraction of sp³-hybridized carbons (Fsp3) is 0.571. The Hall–Kier alpha value is -1.82. The van der Waals surface area contributed by atoms with Gasteiger partial charge in [0.25, 0.3) is 5.91 Å². The van der Waals surface area contributed by atoms with E-state index in [0.29, 0.717) is 18.3 Å². The van der Waals surface area contributed by atoms with E-state index in [1.807, 2.05) is 4.90 Å². The first-order chi connectivity index (χ1) is 9.60. The number of hydrogen-bond acceptors (Lipinski definition) is 4. The van der Waals surface area contributed by atoms with E-state index in [1.54, 1.807) is 12.1 Å². The van der Waals surface area contributed by atoms with Crippen LogP contribution in [0.3, 0.4) is 0 Å². The highest BCUT2D eigenvalue weighted by atomic mass is 16.4. The smallest absolute Gasteiger partial charge is 0.289 e. The zero-order valence-electron chi connectivity index (χ0n) is 11.9. The van der Waals surface area contributed by atoms with Crippen molar-refractivity contribution in [2.75, 3.05) is 31.5 Å². The second kappa shape index (κ2) is 6.56. The molecule has 1 aliphatic rings. The lowest BCUT2D eigenvalue weighted by Crippen LogP contribution is -2.35. The maximum absolute atomic E-state index is 12.4. The Morgan fingerprint density at radius 2 is 2.30 bits per heavy atom. The van der Waals surface area contributed by atoms with Crippen molar-refractivity contribution in [1.29, 1.82) is 0 Å². The molecule has 20 heavy (non-hydrogen) atoms. The lowest BCUT2D eigenvalue weighted by atomic mass is 10.1. The second-order valence-electron chi connectivity index (χ2n) is 5.07. The summed E-state index contributed by atoms with van der Waals surface area (Å²) in [6.07, 6.45) is 1.03. The summed E-state index contributed by atoms with van der Waals surface area (Å²) in [4.78, 5) is 25.2. The van der Waals surface area contributed by atoms with Gasteiger partial charge < -0.3 is 14.6 Å². The molecule has 1 saturated heterocycles. The zero-order valence-corrected chi connectivity index (χ0v) is 11.9. The number of anilines is 1. The third-order valence-corrected chi connectivity index (χ3v) is 3.45. The van der Waals surface area contributed by atoms with E-state index in [9.17, 15) is 9.59 Å². The highest BCUT2D eigenvalue weighted by Crippen LogP contribution is 2.17. The van der Waals surface area contributed by atoms with Gasteiger partial charge in [0.1, 0.15) is 0 Å². The average molecular weight is 279 g/mol. The Balaban J connectivity index is 2.05. The molecule has 0 spiro atoms. The quantitative estimate of drug-likeness (QED) is 0.875. The van der Waals surface area contributed by atoms with Gasteiger partial charge in [0.15, 0.2) is 11.6 Å². The molecular formula is C14H21N3O3. The van der Waals surface area contributed by atoms with Gasteiger partial charge in [0, 0.05) is 32.6 Å². The van der Waals surface area contributed by atoms with Crippen LogP contribution >= 0.6 is 0 Å². The Morgan fingerprint density at radius 1 is 1.50 bits per heavy atom. The summed E-state index contributed by atoms with van der Waals surface area (Å²) in [5, 5.41) is 5.86. The molecule has 6 nitrogen and oxygen atoms in total. The van der Waals surface area contributed by atoms with Crippen LogP contribution in [-0.2, 0) is 4.79 Å². The molecule has 1 aliphatic heterocycles. The van der Waals surface area contributed by atoms with Gasteiger partial charge in [-0.25, -0.2) is 0 Å². The number of carbonyl (C=O) groups is 2. The number of hydrogen-bond donors (Lipinski definition) is 2. The van der Waals surface area contributed by atoms with Crippen LogP contribution in [0.4, 0.5) is 5.88 Å². The number of nitrogens with zero attached hydrogens (tertiary/aromatic N) is 1. The normalized spacial score (nSPS) is 19.5. The third-order valence-electron chi connectivity index (χ3n) is 3.45. The monoisotopic (exact) mass is 279 g/mol. The molecule has 0 aromatic carbocycles. The van der Waals surface area contributed by atoms with Crippen molar-refractivity contribution in [1.82, 2.24) is 10.2 Å². The van der Waals surface area contributed by atoms with Crippen LogP contribution in [-0.4, -0.2) is 42.9 Å². The van der Waals surface area contributed by atoms with Gasteiger partial charge in [-0.2, -0.15) is 0 Å². The lowest BCUT2D eigenvalue weighted by Gasteiger charge is -2.22. The van der Waals surface area contributed by atoms with Gasteiger partial charge in [0.2, 0.25) is 5.91 Å². The number of amides is 2. The van der Waals surface area contributed by atoms with Crippen molar-refractivity contribution in [2.24, 2.45) is 5.92 Å². The van der Waals surface area contributed by atoms with Crippen LogP contribution < -0.4 is 10.6 Å². The second-order valence-corrected chi connectivity index (χ2v) is 5.07. The van der Waals surface area contributed by atoms with E-state index in [0.717, 1.165) is 26.1 Å². The minimum Gasteiger partial charge on any atom is -0.435 e. The Labute approximate surface area is 118 Å². The van der Waals surface area contributed by atoms with Crippen molar-refractivity contribution in [3.05, 3.63) is 17.9 Å². The fourth-order valence-electron chi connectivity index (χ4n) is 2.29. The Kier molecular flexibility index (Phi) is 4.79. The first-order valence-electron chi connectivity index (χ1n) is 6.97. The maximum Gasteiger partial charge on any atom is 0.289 e. The standard InChI is InChI=1S/C14H21N3O3/c1-3-11-8-15-6-7-17(9-11)14(19)12-4-5-13(20-12)16-10(2)18/h4-5,11,15H,3,6-9H2,1-2H3,(H,16,18). The molecule has 2 rings (SSSR count). The molecule has 0 radical (unpaired) electrons. The van der Waals surface area contributed by atoms with Gasteiger partial charge in [-0.05, 0) is 18.5 Å². The summed E-state index contributed by atoms with van der Waals surface area (Å²) in [5.41, 5.74) is 0. The first-order valence-corrected chi connectivity index (χ1v) is 6.97. The van der Waals surface area contributed by atoms with Gasteiger partial charge in [-0.1, -0.05) is 13.3 Å². The SMILES string of the molecule is CCC1CNCCN(C(=O)c2ccc(NC(C)=O)o2)C1. The highest BCUT2D eigenvalue weighted by Gasteiger charge is 2.24. The van der Waals surface area contributed by atoms with E-state index in [4.69, 9.17) is 4.42 Å². The van der Waals surface area contributed by atoms with Crippen LogP contribution in [0.2, 0.25) is 0 Å². The predicted molar refractivity (Wildman–Crippen MR) is 75.6 cm³/mol. The maximum atomic E-state index is 12.4. The molecule has 0 bridgehead atoms. The van der Waals surface area contributed by atoms with E-state index in [-0.39, 0.29) is 17.6 Å². The molecule has 6 heteroatoms. The molecule has 1 aromatic heterocycles. The summed E-state index contributed by atoms with van der Waals surface area (Å²) in [6.45, 7) is 6.67. The molecule has 1 fully saturated rings. The zero-order chi connectivity index (χ0) is 14.5. The van der Waals surface area contributed by atoms with Gasteiger partial charge in [-0.15, -0.1) is 0 Å². The minimum atomic E-state index is -0.219. The van der Waals surface area contributed by atoms with Gasteiger partial charge in [-0.3, -0.25) is 14.9 Å². The largest absolute Gasteiger partial charge is 0.435 e. The number of furan rings is 1. The summed E-state index contributed by atoms with van der Waals surface area (Å²) in [7, 11) is 0. The van der Waals surface area contributed by atoms with Crippen molar-refractivity contribution in [2.45, 2.75) is 20.3 Å². The van der Waals surface area contributed by atoms with Crippen LogP contribution in [0.15, 0.2) is 16.5 Å². The fourth-order valence-corrected chi connectivity index (χ4v) is 2.29. The van der Waals surface area contributed by atoms with Crippen LogP contribution in [0.1, 0.15) is 30.8 Å². The van der Waals surface area contributed by atoms with Crippen molar-refractivity contribution in [3.63, 3.8) is 0 Å². The molecule has 1 unspecified atom stereocenters. The number of rotatable bonds is 3. The average Bonchev–Trinajstić information content (AvgIpc) is 2.73. The summed E-state index contributed by atoms with van der Waals surface area (Å²) in [5.74, 6) is 0.699. The number of carbonyl (C=O) groups excluding carboxylic acids is 2. The van der Waals surface area contributed by atoms with Crippen molar-refractivity contribution >= 4 is 17.7 Å².